The zero-order chi connectivity index (χ0) is 13.6. The number of aryl methyl sites for hydroxylation is 2. The van der Waals surface area contributed by atoms with Gasteiger partial charge in [0.15, 0.2) is 0 Å². The molecule has 0 atom stereocenters. The maximum Gasteiger partial charge on any atom is 0.284 e. The third kappa shape index (κ3) is 1.92. The summed E-state index contributed by atoms with van der Waals surface area (Å²) in [7, 11) is 1.77. The fourth-order valence-electron chi connectivity index (χ4n) is 2.10. The SMILES string of the molecule is Cc1nn(C)c2nc(-c3ccc(Cl)cc3)c[n+]([O-])c12. The molecule has 0 aliphatic heterocycles. The van der Waals surface area contributed by atoms with Crippen LogP contribution in [-0.4, -0.2) is 14.8 Å². The van der Waals surface area contributed by atoms with Gasteiger partial charge in [-0.2, -0.15) is 9.83 Å². The van der Waals surface area contributed by atoms with Crippen molar-refractivity contribution in [2.45, 2.75) is 6.92 Å². The second-order valence-corrected chi connectivity index (χ2v) is 4.78. The molecule has 3 rings (SSSR count). The molecular weight excluding hydrogens is 264 g/mol. The van der Waals surface area contributed by atoms with E-state index in [2.05, 4.69) is 10.1 Å². The molecule has 2 heterocycles. The highest BCUT2D eigenvalue weighted by Gasteiger charge is 2.17. The van der Waals surface area contributed by atoms with Crippen LogP contribution in [0.3, 0.4) is 0 Å². The maximum atomic E-state index is 12.1. The first-order chi connectivity index (χ1) is 9.06. The van der Waals surface area contributed by atoms with E-state index >= 15 is 0 Å². The lowest BCUT2D eigenvalue weighted by molar-refractivity contribution is -0.577. The van der Waals surface area contributed by atoms with Crippen molar-refractivity contribution in [3.8, 4) is 11.3 Å². The molecule has 0 saturated heterocycles. The van der Waals surface area contributed by atoms with Gasteiger partial charge in [0.1, 0.15) is 11.4 Å². The van der Waals surface area contributed by atoms with Crippen molar-refractivity contribution in [1.29, 1.82) is 0 Å². The largest absolute Gasteiger partial charge is 0.618 e. The molecular formula is C13H11ClN4O. The molecule has 0 aliphatic rings. The lowest BCUT2D eigenvalue weighted by Gasteiger charge is -2.03. The molecule has 0 aliphatic carbocycles. The van der Waals surface area contributed by atoms with Crippen molar-refractivity contribution in [3.05, 3.63) is 46.4 Å². The van der Waals surface area contributed by atoms with Crippen molar-refractivity contribution < 1.29 is 4.73 Å². The standard InChI is InChI=1S/C13H11ClN4O/c1-8-12-13(17(2)16-8)15-11(7-18(12)19)9-3-5-10(14)6-4-9/h3-7H,1-2H3. The van der Waals surface area contributed by atoms with Crippen molar-refractivity contribution in [2.24, 2.45) is 7.05 Å². The Kier molecular flexibility index (Phi) is 2.64. The average molecular weight is 275 g/mol. The summed E-state index contributed by atoms with van der Waals surface area (Å²) in [6, 6.07) is 7.21. The van der Waals surface area contributed by atoms with Gasteiger partial charge < -0.3 is 5.21 Å². The number of rotatable bonds is 1. The van der Waals surface area contributed by atoms with Gasteiger partial charge in [0.05, 0.1) is 0 Å². The fraction of sp³-hybridized carbons (Fsp3) is 0.154. The highest BCUT2D eigenvalue weighted by molar-refractivity contribution is 6.30. The van der Waals surface area contributed by atoms with Gasteiger partial charge in [-0.15, -0.1) is 0 Å². The minimum absolute atomic E-state index is 0.500. The van der Waals surface area contributed by atoms with Gasteiger partial charge in [0.2, 0.25) is 11.8 Å². The van der Waals surface area contributed by atoms with E-state index in [1.54, 1.807) is 30.8 Å². The van der Waals surface area contributed by atoms with Crippen LogP contribution in [0.4, 0.5) is 0 Å². The van der Waals surface area contributed by atoms with Crippen LogP contribution in [0.1, 0.15) is 5.69 Å². The van der Waals surface area contributed by atoms with Gasteiger partial charge in [-0.05, 0) is 19.1 Å². The third-order valence-electron chi connectivity index (χ3n) is 2.99. The molecule has 0 unspecified atom stereocenters. The summed E-state index contributed by atoms with van der Waals surface area (Å²) in [6.07, 6.45) is 1.46. The number of fused-ring (bicyclic) bond motifs is 1. The molecule has 1 aromatic carbocycles. The van der Waals surface area contributed by atoms with Gasteiger partial charge >= 0.3 is 0 Å². The van der Waals surface area contributed by atoms with Crippen LogP contribution < -0.4 is 4.73 Å². The Morgan fingerprint density at radius 2 is 1.95 bits per heavy atom. The molecule has 3 aromatic rings. The Morgan fingerprint density at radius 3 is 2.63 bits per heavy atom. The second kappa shape index (κ2) is 4.20. The summed E-state index contributed by atoms with van der Waals surface area (Å²) in [4.78, 5) is 4.49. The number of hydrogen-bond acceptors (Lipinski definition) is 3. The zero-order valence-corrected chi connectivity index (χ0v) is 11.2. The van der Waals surface area contributed by atoms with Crippen LogP contribution in [0.2, 0.25) is 5.02 Å². The molecule has 96 valence electrons. The number of aromatic nitrogens is 4. The van der Waals surface area contributed by atoms with E-state index in [1.165, 1.54) is 6.20 Å². The van der Waals surface area contributed by atoms with E-state index in [0.29, 0.717) is 27.6 Å². The Morgan fingerprint density at radius 1 is 1.26 bits per heavy atom. The van der Waals surface area contributed by atoms with E-state index in [1.807, 2.05) is 12.1 Å². The van der Waals surface area contributed by atoms with Crippen LogP contribution >= 0.6 is 11.6 Å². The highest BCUT2D eigenvalue weighted by atomic mass is 35.5. The highest BCUT2D eigenvalue weighted by Crippen LogP contribution is 2.21. The fourth-order valence-corrected chi connectivity index (χ4v) is 2.22. The molecule has 6 heteroatoms. The van der Waals surface area contributed by atoms with Crippen molar-refractivity contribution in [3.63, 3.8) is 0 Å². The maximum absolute atomic E-state index is 12.1. The molecule has 5 nitrogen and oxygen atoms in total. The average Bonchev–Trinajstić information content (AvgIpc) is 2.66. The van der Waals surface area contributed by atoms with Gasteiger partial charge in [0, 0.05) is 17.6 Å². The summed E-state index contributed by atoms with van der Waals surface area (Å²) in [5, 5.41) is 16.9. The van der Waals surface area contributed by atoms with E-state index in [9.17, 15) is 5.21 Å². The predicted octanol–water partition coefficient (Wildman–Crippen LogP) is 2.23. The molecule has 0 amide bonds. The van der Waals surface area contributed by atoms with E-state index in [-0.39, 0.29) is 0 Å². The van der Waals surface area contributed by atoms with E-state index in [0.717, 1.165) is 10.3 Å². The number of benzene rings is 1. The summed E-state index contributed by atoms with van der Waals surface area (Å²) >= 11 is 5.85. The van der Waals surface area contributed by atoms with Crippen LogP contribution in [0.25, 0.3) is 22.4 Å². The minimum atomic E-state index is 0.500. The van der Waals surface area contributed by atoms with Gasteiger partial charge in [0.25, 0.3) is 5.52 Å². The lowest BCUT2D eigenvalue weighted by atomic mass is 10.1. The van der Waals surface area contributed by atoms with Crippen molar-refractivity contribution >= 4 is 22.8 Å². The van der Waals surface area contributed by atoms with Crippen molar-refractivity contribution in [2.75, 3.05) is 0 Å². The Balaban J connectivity index is 2.26. The predicted molar refractivity (Wildman–Crippen MR) is 72.7 cm³/mol. The molecule has 0 fully saturated rings. The Hall–Kier alpha value is -2.14. The van der Waals surface area contributed by atoms with Gasteiger partial charge in [-0.1, -0.05) is 23.7 Å². The quantitative estimate of drug-likeness (QED) is 0.505. The van der Waals surface area contributed by atoms with Crippen LogP contribution in [-0.2, 0) is 7.05 Å². The summed E-state index contributed by atoms with van der Waals surface area (Å²) in [6.45, 7) is 1.79. The third-order valence-corrected chi connectivity index (χ3v) is 3.24. The first-order valence-corrected chi connectivity index (χ1v) is 6.13. The first-order valence-electron chi connectivity index (χ1n) is 5.76. The summed E-state index contributed by atoms with van der Waals surface area (Å²) in [5.74, 6) is 0. The molecule has 2 aromatic heterocycles. The second-order valence-electron chi connectivity index (χ2n) is 4.34. The normalized spacial score (nSPS) is 11.1. The van der Waals surface area contributed by atoms with Gasteiger partial charge in [-0.3, -0.25) is 0 Å². The van der Waals surface area contributed by atoms with Crippen LogP contribution in [0, 0.1) is 12.1 Å². The summed E-state index contributed by atoms with van der Waals surface area (Å²) in [5.41, 5.74) is 3.18. The molecule has 0 radical (unpaired) electrons. The molecule has 19 heavy (non-hydrogen) atoms. The molecule has 0 N–H and O–H groups in total. The number of halogens is 1. The first kappa shape index (κ1) is 11.9. The number of hydrogen-bond donors (Lipinski definition) is 0. The zero-order valence-electron chi connectivity index (χ0n) is 10.5. The van der Waals surface area contributed by atoms with Gasteiger partial charge in [-0.25, -0.2) is 9.67 Å². The van der Waals surface area contributed by atoms with Crippen LogP contribution in [0.5, 0.6) is 0 Å². The molecule has 0 bridgehead atoms. The Bertz CT molecular complexity index is 764. The molecule has 0 saturated carbocycles. The smallest absolute Gasteiger partial charge is 0.284 e. The Labute approximate surface area is 114 Å². The minimum Gasteiger partial charge on any atom is -0.618 e. The monoisotopic (exact) mass is 274 g/mol. The van der Waals surface area contributed by atoms with E-state index in [4.69, 9.17) is 11.6 Å². The van der Waals surface area contributed by atoms with Crippen molar-refractivity contribution in [1.82, 2.24) is 14.8 Å². The van der Waals surface area contributed by atoms with E-state index < -0.39 is 0 Å². The topological polar surface area (TPSA) is 57.7 Å². The number of nitrogens with zero attached hydrogens (tertiary/aromatic N) is 4. The van der Waals surface area contributed by atoms with Crippen LogP contribution in [0.15, 0.2) is 30.5 Å². The molecule has 0 spiro atoms. The lowest BCUT2D eigenvalue weighted by Crippen LogP contribution is -2.27. The summed E-state index contributed by atoms with van der Waals surface area (Å²) < 4.78 is 2.42.